The molecule has 2 heteroatoms. The van der Waals surface area contributed by atoms with Gasteiger partial charge in [-0.2, -0.15) is 0 Å². The summed E-state index contributed by atoms with van der Waals surface area (Å²) < 4.78 is 5.79. The van der Waals surface area contributed by atoms with Crippen LogP contribution < -0.4 is 0 Å². The van der Waals surface area contributed by atoms with Crippen molar-refractivity contribution in [3.05, 3.63) is 0 Å². The number of fused-ring (bicyclic) bond motifs is 2. The van der Waals surface area contributed by atoms with Crippen LogP contribution in [0.4, 0.5) is 0 Å². The first-order valence-corrected chi connectivity index (χ1v) is 4.63. The van der Waals surface area contributed by atoms with Crippen molar-refractivity contribution < 1.29 is 4.74 Å². The van der Waals surface area contributed by atoms with Gasteiger partial charge in [-0.25, -0.2) is 0 Å². The van der Waals surface area contributed by atoms with Gasteiger partial charge in [-0.1, -0.05) is 13.8 Å². The van der Waals surface area contributed by atoms with Crippen LogP contribution in [0.25, 0.3) is 0 Å². The van der Waals surface area contributed by atoms with E-state index in [0.29, 0.717) is 11.8 Å². The van der Waals surface area contributed by atoms with Gasteiger partial charge in [0.1, 0.15) is 7.85 Å². The Morgan fingerprint density at radius 2 is 2.36 bits per heavy atom. The zero-order valence-electron chi connectivity index (χ0n) is 7.34. The maximum Gasteiger partial charge on any atom is 0.109 e. The van der Waals surface area contributed by atoms with E-state index in [2.05, 4.69) is 13.8 Å². The van der Waals surface area contributed by atoms with E-state index < -0.39 is 0 Å². The second-order valence-corrected chi connectivity index (χ2v) is 3.99. The number of hydrogen-bond acceptors (Lipinski definition) is 1. The molecule has 1 heterocycles. The van der Waals surface area contributed by atoms with Gasteiger partial charge in [-0.3, -0.25) is 0 Å². The van der Waals surface area contributed by atoms with Crippen molar-refractivity contribution in [1.82, 2.24) is 0 Å². The fourth-order valence-corrected chi connectivity index (χ4v) is 2.83. The molecule has 0 aromatic heterocycles. The maximum atomic E-state index is 5.85. The normalized spacial score (nSPS) is 55.3. The first-order valence-electron chi connectivity index (χ1n) is 4.63. The summed E-state index contributed by atoms with van der Waals surface area (Å²) in [7, 11) is 5.85. The lowest BCUT2D eigenvalue weighted by molar-refractivity contribution is -0.0489. The standard InChI is InChI=1S/C9H15BO/c1-3-9-5-4-7(6(9)2)8(10)11-9/h6-8H,3-5H2,1-2H3/t6?,7-,8+,9+/m0/s1. The molecule has 1 saturated carbocycles. The summed E-state index contributed by atoms with van der Waals surface area (Å²) in [6.45, 7) is 4.49. The van der Waals surface area contributed by atoms with Crippen molar-refractivity contribution in [1.29, 1.82) is 0 Å². The van der Waals surface area contributed by atoms with Crippen molar-refractivity contribution >= 4 is 7.85 Å². The van der Waals surface area contributed by atoms with E-state index in [1.807, 2.05) is 0 Å². The van der Waals surface area contributed by atoms with Gasteiger partial charge >= 0.3 is 0 Å². The third-order valence-electron chi connectivity index (χ3n) is 3.76. The molecule has 1 aliphatic carbocycles. The molecule has 2 bridgehead atoms. The minimum atomic E-state index is 0.0266. The molecule has 0 amide bonds. The summed E-state index contributed by atoms with van der Waals surface area (Å²) in [5.74, 6) is 1.32. The molecule has 2 radical (unpaired) electrons. The summed E-state index contributed by atoms with van der Waals surface area (Å²) in [6.07, 6.45) is 3.62. The summed E-state index contributed by atoms with van der Waals surface area (Å²) in [5.41, 5.74) is 0.157. The average Bonchev–Trinajstić information content (AvgIpc) is 2.42. The highest BCUT2D eigenvalue weighted by atomic mass is 16.5. The molecule has 1 unspecified atom stereocenters. The molecule has 0 aromatic carbocycles. The zero-order chi connectivity index (χ0) is 8.06. The smallest absolute Gasteiger partial charge is 0.109 e. The Kier molecular flexibility index (Phi) is 1.57. The lowest BCUT2D eigenvalue weighted by atomic mass is 9.81. The van der Waals surface area contributed by atoms with Crippen LogP contribution in [-0.4, -0.2) is 19.5 Å². The van der Waals surface area contributed by atoms with Crippen LogP contribution in [0.15, 0.2) is 0 Å². The number of hydrogen-bond donors (Lipinski definition) is 0. The van der Waals surface area contributed by atoms with Gasteiger partial charge in [-0.15, -0.1) is 0 Å². The fraction of sp³-hybridized carbons (Fsp3) is 1.00. The molecule has 0 spiro atoms. The number of ether oxygens (including phenoxy) is 1. The monoisotopic (exact) mass is 150 g/mol. The average molecular weight is 150 g/mol. The van der Waals surface area contributed by atoms with E-state index in [1.165, 1.54) is 12.8 Å². The SMILES string of the molecule is [B][C@@H]1O[C@]2(CC)CC[C@H]1C2C. The highest BCUT2D eigenvalue weighted by Crippen LogP contribution is 2.53. The molecule has 1 saturated heterocycles. The molecule has 1 nitrogen and oxygen atoms in total. The van der Waals surface area contributed by atoms with Crippen molar-refractivity contribution in [2.75, 3.05) is 0 Å². The van der Waals surface area contributed by atoms with E-state index >= 15 is 0 Å². The van der Waals surface area contributed by atoms with E-state index in [1.54, 1.807) is 0 Å². The topological polar surface area (TPSA) is 9.23 Å². The molecule has 0 aromatic rings. The van der Waals surface area contributed by atoms with E-state index in [0.717, 1.165) is 6.42 Å². The molecule has 1 aliphatic heterocycles. The lowest BCUT2D eigenvalue weighted by Crippen LogP contribution is -2.32. The van der Waals surface area contributed by atoms with Crippen molar-refractivity contribution in [3.63, 3.8) is 0 Å². The Labute approximate surface area is 69.9 Å². The maximum absolute atomic E-state index is 5.85. The van der Waals surface area contributed by atoms with Gasteiger partial charge in [0.25, 0.3) is 0 Å². The van der Waals surface area contributed by atoms with Gasteiger partial charge < -0.3 is 4.74 Å². The Bertz CT molecular complexity index is 171. The van der Waals surface area contributed by atoms with E-state index in [-0.39, 0.29) is 11.6 Å². The summed E-state index contributed by atoms with van der Waals surface area (Å²) >= 11 is 0. The quantitative estimate of drug-likeness (QED) is 0.517. The van der Waals surface area contributed by atoms with Crippen molar-refractivity contribution in [3.8, 4) is 0 Å². The molecule has 11 heavy (non-hydrogen) atoms. The van der Waals surface area contributed by atoms with Crippen LogP contribution in [-0.2, 0) is 4.74 Å². The third kappa shape index (κ3) is 0.822. The highest BCUT2D eigenvalue weighted by molar-refractivity contribution is 6.11. The van der Waals surface area contributed by atoms with Crippen molar-refractivity contribution in [2.45, 2.75) is 44.7 Å². The Hall–Kier alpha value is 0.0249. The first-order chi connectivity index (χ1) is 5.19. The second-order valence-electron chi connectivity index (χ2n) is 3.99. The minimum absolute atomic E-state index is 0.0266. The third-order valence-corrected chi connectivity index (χ3v) is 3.76. The van der Waals surface area contributed by atoms with Crippen LogP contribution >= 0.6 is 0 Å². The first kappa shape index (κ1) is 7.66. The van der Waals surface area contributed by atoms with Crippen LogP contribution in [0.1, 0.15) is 33.1 Å². The molecule has 2 fully saturated rings. The molecule has 60 valence electrons. The van der Waals surface area contributed by atoms with Crippen LogP contribution in [0.5, 0.6) is 0 Å². The molecule has 0 N–H and O–H groups in total. The largest absolute Gasteiger partial charge is 0.381 e. The predicted molar refractivity (Wildman–Crippen MR) is 45.5 cm³/mol. The number of rotatable bonds is 1. The van der Waals surface area contributed by atoms with Crippen molar-refractivity contribution in [2.24, 2.45) is 11.8 Å². The van der Waals surface area contributed by atoms with Gasteiger partial charge in [0, 0.05) is 6.00 Å². The molecule has 2 aliphatic rings. The van der Waals surface area contributed by atoms with Gasteiger partial charge in [0.15, 0.2) is 0 Å². The highest BCUT2D eigenvalue weighted by Gasteiger charge is 2.54. The van der Waals surface area contributed by atoms with Crippen LogP contribution in [0.2, 0.25) is 0 Å². The predicted octanol–water partition coefficient (Wildman–Crippen LogP) is 1.71. The summed E-state index contributed by atoms with van der Waals surface area (Å²) in [6, 6.07) is 0.0266. The van der Waals surface area contributed by atoms with Gasteiger partial charge in [0.2, 0.25) is 0 Å². The molecule has 2 rings (SSSR count). The van der Waals surface area contributed by atoms with E-state index in [9.17, 15) is 0 Å². The van der Waals surface area contributed by atoms with Gasteiger partial charge in [-0.05, 0) is 31.1 Å². The van der Waals surface area contributed by atoms with E-state index in [4.69, 9.17) is 12.6 Å². The fourth-order valence-electron chi connectivity index (χ4n) is 2.83. The Balaban J connectivity index is 2.24. The molecular formula is C9H15BO. The summed E-state index contributed by atoms with van der Waals surface area (Å²) in [5, 5.41) is 0. The van der Waals surface area contributed by atoms with Crippen LogP contribution in [0.3, 0.4) is 0 Å². The molecule has 4 atom stereocenters. The second kappa shape index (κ2) is 2.26. The molecular weight excluding hydrogens is 135 g/mol. The van der Waals surface area contributed by atoms with Crippen LogP contribution in [0, 0.1) is 11.8 Å². The zero-order valence-corrected chi connectivity index (χ0v) is 7.34. The Morgan fingerprint density at radius 1 is 1.64 bits per heavy atom. The van der Waals surface area contributed by atoms with Gasteiger partial charge in [0.05, 0.1) is 5.60 Å². The Morgan fingerprint density at radius 3 is 2.64 bits per heavy atom. The summed E-state index contributed by atoms with van der Waals surface area (Å²) in [4.78, 5) is 0. The lowest BCUT2D eigenvalue weighted by Gasteiger charge is -2.30. The minimum Gasteiger partial charge on any atom is -0.381 e.